The minimum Gasteiger partial charge on any atom is -0.437 e. The van der Waals surface area contributed by atoms with E-state index in [0.29, 0.717) is 5.88 Å². The fraction of sp³-hybridized carbons (Fsp3) is 0.143. The van der Waals surface area contributed by atoms with Gasteiger partial charge >= 0.3 is 0 Å². The minimum atomic E-state index is 0.619. The van der Waals surface area contributed by atoms with E-state index in [4.69, 9.17) is 4.74 Å². The number of fused-ring (bicyclic) bond motifs is 1. The smallest absolute Gasteiger partial charge is 0.240 e. The number of nitrogens with zero attached hydrogens (tertiary/aromatic N) is 2. The van der Waals surface area contributed by atoms with Crippen molar-refractivity contribution in [2.24, 2.45) is 0 Å². The predicted octanol–water partition coefficient (Wildman–Crippen LogP) is 4.86. The van der Waals surface area contributed by atoms with Crippen LogP contribution in [0.5, 0.6) is 11.6 Å². The Kier molecular flexibility index (Phi) is 3.24. The zero-order valence-corrected chi connectivity index (χ0v) is 12.9. The van der Waals surface area contributed by atoms with Crippen LogP contribution in [0, 0.1) is 13.8 Å². The Morgan fingerprint density at radius 2 is 2.00 bits per heavy atom. The second-order valence-corrected chi connectivity index (χ2v) is 6.08. The molecule has 3 nitrogen and oxygen atoms in total. The van der Waals surface area contributed by atoms with Crippen molar-refractivity contribution in [2.75, 3.05) is 0 Å². The number of aromatic nitrogens is 2. The highest BCUT2D eigenvalue weighted by molar-refractivity contribution is 9.10. The highest BCUT2D eigenvalue weighted by Gasteiger charge is 2.11. The molecule has 3 aromatic rings. The summed E-state index contributed by atoms with van der Waals surface area (Å²) in [6.07, 6.45) is 1.55. The van der Waals surface area contributed by atoms with Gasteiger partial charge in [0.2, 0.25) is 5.88 Å². The first-order valence-electron chi connectivity index (χ1n) is 5.78. The van der Waals surface area contributed by atoms with Gasteiger partial charge in [-0.05, 0) is 48.6 Å². The Labute approximate surface area is 123 Å². The van der Waals surface area contributed by atoms with Crippen LogP contribution in [0.2, 0.25) is 0 Å². The molecule has 96 valence electrons. The number of hydrogen-bond acceptors (Lipinski definition) is 4. The van der Waals surface area contributed by atoms with Crippen molar-refractivity contribution in [3.05, 3.63) is 45.5 Å². The number of hydrogen-bond donors (Lipinski definition) is 0. The van der Waals surface area contributed by atoms with E-state index in [9.17, 15) is 0 Å². The van der Waals surface area contributed by atoms with Crippen molar-refractivity contribution in [1.29, 1.82) is 0 Å². The third-order valence-corrected chi connectivity index (χ3v) is 4.41. The molecule has 0 saturated carbocycles. The van der Waals surface area contributed by atoms with E-state index in [2.05, 4.69) is 31.3 Å². The van der Waals surface area contributed by atoms with E-state index in [1.807, 2.05) is 32.0 Å². The average Bonchev–Trinajstić information content (AvgIpc) is 2.76. The van der Waals surface area contributed by atoms with Crippen LogP contribution in [0.3, 0.4) is 0 Å². The summed E-state index contributed by atoms with van der Waals surface area (Å²) in [6.45, 7) is 4.05. The Balaban J connectivity index is 2.06. The van der Waals surface area contributed by atoms with Gasteiger partial charge < -0.3 is 4.74 Å². The summed E-state index contributed by atoms with van der Waals surface area (Å²) in [5.74, 6) is 1.43. The molecule has 0 saturated heterocycles. The van der Waals surface area contributed by atoms with Gasteiger partial charge in [0.05, 0.1) is 5.52 Å². The van der Waals surface area contributed by atoms with Gasteiger partial charge in [-0.3, -0.25) is 0 Å². The highest BCUT2D eigenvalue weighted by atomic mass is 79.9. The van der Waals surface area contributed by atoms with Gasteiger partial charge in [-0.2, -0.15) is 0 Å². The fourth-order valence-corrected chi connectivity index (χ4v) is 3.25. The molecule has 2 aromatic heterocycles. The van der Waals surface area contributed by atoms with Gasteiger partial charge in [0, 0.05) is 4.47 Å². The molecule has 0 amide bonds. The van der Waals surface area contributed by atoms with Crippen LogP contribution in [0.15, 0.2) is 34.4 Å². The van der Waals surface area contributed by atoms with Crippen LogP contribution < -0.4 is 4.74 Å². The van der Waals surface area contributed by atoms with E-state index >= 15 is 0 Å². The molecule has 19 heavy (non-hydrogen) atoms. The van der Waals surface area contributed by atoms with Gasteiger partial charge in [-0.1, -0.05) is 15.9 Å². The molecule has 0 aliphatic carbocycles. The summed E-state index contributed by atoms with van der Waals surface area (Å²) < 4.78 is 7.96. The number of rotatable bonds is 2. The van der Waals surface area contributed by atoms with Gasteiger partial charge in [0.25, 0.3) is 0 Å². The lowest BCUT2D eigenvalue weighted by Gasteiger charge is -2.08. The summed E-state index contributed by atoms with van der Waals surface area (Å²) in [5, 5.41) is 2.07. The molecule has 0 fully saturated rings. The molecule has 0 N–H and O–H groups in total. The number of thiophene rings is 1. The molecule has 0 bridgehead atoms. The highest BCUT2D eigenvalue weighted by Crippen LogP contribution is 2.34. The first-order chi connectivity index (χ1) is 9.15. The molecule has 0 aliphatic rings. The maximum atomic E-state index is 5.93. The molecule has 0 aliphatic heterocycles. The van der Waals surface area contributed by atoms with Crippen LogP contribution in [0.4, 0.5) is 0 Å². The largest absolute Gasteiger partial charge is 0.437 e. The van der Waals surface area contributed by atoms with Crippen molar-refractivity contribution in [3.63, 3.8) is 0 Å². The topological polar surface area (TPSA) is 35.0 Å². The standard InChI is InChI=1S/C14H11BrN2OS/c1-8-5-10(15)3-4-11(8)18-14-13-12(16-7-17-14)9(2)6-19-13/h3-7H,1-2H3. The van der Waals surface area contributed by atoms with Crippen LogP contribution in [-0.4, -0.2) is 9.97 Å². The van der Waals surface area contributed by atoms with Crippen molar-refractivity contribution in [1.82, 2.24) is 9.97 Å². The van der Waals surface area contributed by atoms with E-state index in [-0.39, 0.29) is 0 Å². The Bertz CT molecular complexity index is 754. The van der Waals surface area contributed by atoms with E-state index in [1.54, 1.807) is 17.7 Å². The SMILES string of the molecule is Cc1cc(Br)ccc1Oc1ncnc2c(C)csc12. The Morgan fingerprint density at radius 1 is 1.16 bits per heavy atom. The molecular formula is C14H11BrN2OS. The number of benzene rings is 1. The molecule has 0 spiro atoms. The molecular weight excluding hydrogens is 324 g/mol. The summed E-state index contributed by atoms with van der Waals surface area (Å²) in [4.78, 5) is 8.54. The monoisotopic (exact) mass is 334 g/mol. The molecule has 0 atom stereocenters. The first-order valence-corrected chi connectivity index (χ1v) is 7.45. The van der Waals surface area contributed by atoms with Crippen LogP contribution in [-0.2, 0) is 0 Å². The lowest BCUT2D eigenvalue weighted by Crippen LogP contribution is -1.91. The first kappa shape index (κ1) is 12.6. The molecule has 2 heterocycles. The van der Waals surface area contributed by atoms with Gasteiger partial charge in [-0.25, -0.2) is 9.97 Å². The van der Waals surface area contributed by atoms with Crippen LogP contribution >= 0.6 is 27.3 Å². The van der Waals surface area contributed by atoms with Crippen LogP contribution in [0.1, 0.15) is 11.1 Å². The molecule has 0 unspecified atom stereocenters. The zero-order chi connectivity index (χ0) is 13.4. The third kappa shape index (κ3) is 2.35. The zero-order valence-electron chi connectivity index (χ0n) is 10.5. The minimum absolute atomic E-state index is 0.619. The predicted molar refractivity (Wildman–Crippen MR) is 81.1 cm³/mol. The van der Waals surface area contributed by atoms with Crippen molar-refractivity contribution < 1.29 is 4.74 Å². The normalized spacial score (nSPS) is 10.9. The van der Waals surface area contributed by atoms with Gasteiger partial charge in [0.1, 0.15) is 16.8 Å². The molecule has 5 heteroatoms. The number of halogens is 1. The van der Waals surface area contributed by atoms with Crippen molar-refractivity contribution in [2.45, 2.75) is 13.8 Å². The maximum Gasteiger partial charge on any atom is 0.240 e. The lowest BCUT2D eigenvalue weighted by atomic mass is 10.2. The van der Waals surface area contributed by atoms with Gasteiger partial charge in [0.15, 0.2) is 0 Å². The summed E-state index contributed by atoms with van der Waals surface area (Å²) >= 11 is 5.06. The molecule has 0 radical (unpaired) electrons. The van der Waals surface area contributed by atoms with Crippen molar-refractivity contribution >= 4 is 37.5 Å². The van der Waals surface area contributed by atoms with Crippen molar-refractivity contribution in [3.8, 4) is 11.6 Å². The summed E-state index contributed by atoms with van der Waals surface area (Å²) in [7, 11) is 0. The maximum absolute atomic E-state index is 5.93. The Morgan fingerprint density at radius 3 is 2.79 bits per heavy atom. The lowest BCUT2D eigenvalue weighted by molar-refractivity contribution is 0.465. The fourth-order valence-electron chi connectivity index (χ4n) is 1.85. The molecule has 1 aromatic carbocycles. The van der Waals surface area contributed by atoms with Crippen LogP contribution in [0.25, 0.3) is 10.2 Å². The molecule has 3 rings (SSSR count). The van der Waals surface area contributed by atoms with Gasteiger partial charge in [-0.15, -0.1) is 11.3 Å². The third-order valence-electron chi connectivity index (χ3n) is 2.84. The number of ether oxygens (including phenoxy) is 1. The second-order valence-electron chi connectivity index (χ2n) is 4.29. The average molecular weight is 335 g/mol. The Hall–Kier alpha value is -1.46. The van der Waals surface area contributed by atoms with E-state index in [0.717, 1.165) is 31.6 Å². The quantitative estimate of drug-likeness (QED) is 0.671. The summed E-state index contributed by atoms with van der Waals surface area (Å²) in [6, 6.07) is 5.92. The van der Waals surface area contributed by atoms with E-state index in [1.165, 1.54) is 0 Å². The summed E-state index contributed by atoms with van der Waals surface area (Å²) in [5.41, 5.74) is 3.18. The second kappa shape index (κ2) is 4.90. The van der Waals surface area contributed by atoms with E-state index < -0.39 is 0 Å². The number of aryl methyl sites for hydroxylation is 2.